The summed E-state index contributed by atoms with van der Waals surface area (Å²) in [6.07, 6.45) is 8.50. The Labute approximate surface area is 160 Å². The predicted molar refractivity (Wildman–Crippen MR) is 101 cm³/mol. The highest BCUT2D eigenvalue weighted by Gasteiger charge is 2.49. The standard InChI is InChI=1S/C21H29N3O3/c1-2-27-19(25)12-24(21(22)26)11-18-17(4-3-5-23-18)20-15-7-13-6-14(9-15)10-16(20)8-13/h3-5,13-16,20H,2,6-12H2,1H3,(H2,22,26). The fourth-order valence-corrected chi connectivity index (χ4v) is 6.07. The molecular weight excluding hydrogens is 342 g/mol. The first-order valence-electron chi connectivity index (χ1n) is 10.2. The predicted octanol–water partition coefficient (Wildman–Crippen LogP) is 3.07. The zero-order valence-electron chi connectivity index (χ0n) is 16.0. The molecule has 146 valence electrons. The minimum atomic E-state index is -0.621. The number of aromatic nitrogens is 1. The summed E-state index contributed by atoms with van der Waals surface area (Å²) in [5.74, 6) is 3.37. The van der Waals surface area contributed by atoms with Gasteiger partial charge in [0.05, 0.1) is 18.8 Å². The molecule has 5 rings (SSSR count). The van der Waals surface area contributed by atoms with E-state index in [0.717, 1.165) is 29.4 Å². The second-order valence-corrected chi connectivity index (χ2v) is 8.50. The molecule has 0 aromatic carbocycles. The maximum atomic E-state index is 11.9. The number of carbonyl (C=O) groups excluding carboxylic acids is 2. The second kappa shape index (κ2) is 7.49. The molecule has 2 amide bonds. The molecular formula is C21H29N3O3. The zero-order chi connectivity index (χ0) is 19.0. The van der Waals surface area contributed by atoms with Crippen LogP contribution in [0.5, 0.6) is 0 Å². The van der Waals surface area contributed by atoms with Crippen molar-refractivity contribution in [3.8, 4) is 0 Å². The molecule has 0 atom stereocenters. The van der Waals surface area contributed by atoms with Crippen LogP contribution in [0.1, 0.15) is 56.2 Å². The van der Waals surface area contributed by atoms with Crippen LogP contribution in [-0.4, -0.2) is 35.0 Å². The first kappa shape index (κ1) is 18.3. The lowest BCUT2D eigenvalue weighted by molar-refractivity contribution is -0.143. The Morgan fingerprint density at radius 1 is 1.19 bits per heavy atom. The van der Waals surface area contributed by atoms with Gasteiger partial charge in [0.1, 0.15) is 6.54 Å². The molecule has 6 nitrogen and oxygen atoms in total. The largest absolute Gasteiger partial charge is 0.465 e. The van der Waals surface area contributed by atoms with Crippen LogP contribution in [0.3, 0.4) is 0 Å². The molecule has 1 aromatic rings. The van der Waals surface area contributed by atoms with Crippen LogP contribution in [0, 0.1) is 23.7 Å². The molecule has 27 heavy (non-hydrogen) atoms. The number of nitrogens with zero attached hydrogens (tertiary/aromatic N) is 2. The highest BCUT2D eigenvalue weighted by molar-refractivity contribution is 5.79. The molecule has 4 fully saturated rings. The number of nitrogens with two attached hydrogens (primary N) is 1. The van der Waals surface area contributed by atoms with Crippen molar-refractivity contribution in [1.29, 1.82) is 0 Å². The van der Waals surface area contributed by atoms with Crippen LogP contribution in [0.4, 0.5) is 4.79 Å². The number of carbonyl (C=O) groups is 2. The van der Waals surface area contributed by atoms with Gasteiger partial charge in [-0.1, -0.05) is 6.07 Å². The van der Waals surface area contributed by atoms with Gasteiger partial charge in [0.2, 0.25) is 0 Å². The van der Waals surface area contributed by atoms with Gasteiger partial charge in [-0.2, -0.15) is 0 Å². The Morgan fingerprint density at radius 2 is 1.85 bits per heavy atom. The summed E-state index contributed by atoms with van der Waals surface area (Å²) < 4.78 is 4.98. The summed E-state index contributed by atoms with van der Waals surface area (Å²) in [5.41, 5.74) is 7.65. The summed E-state index contributed by atoms with van der Waals surface area (Å²) in [6, 6.07) is 3.53. The number of rotatable bonds is 6. The molecule has 4 bridgehead atoms. The first-order chi connectivity index (χ1) is 13.0. The highest BCUT2D eigenvalue weighted by Crippen LogP contribution is 2.60. The van der Waals surface area contributed by atoms with Gasteiger partial charge in [-0.05, 0) is 80.2 Å². The average molecular weight is 371 g/mol. The Balaban J connectivity index is 1.56. The van der Waals surface area contributed by atoms with Crippen LogP contribution >= 0.6 is 0 Å². The number of ether oxygens (including phenoxy) is 1. The van der Waals surface area contributed by atoms with Gasteiger partial charge >= 0.3 is 12.0 Å². The van der Waals surface area contributed by atoms with Crippen LogP contribution in [-0.2, 0) is 16.1 Å². The van der Waals surface area contributed by atoms with Crippen molar-refractivity contribution in [3.63, 3.8) is 0 Å². The molecule has 4 aliphatic rings. The van der Waals surface area contributed by atoms with E-state index in [4.69, 9.17) is 10.5 Å². The maximum absolute atomic E-state index is 11.9. The SMILES string of the molecule is CCOC(=O)CN(Cc1ncccc1C1C2CC3CC(C2)CC1C3)C(N)=O. The van der Waals surface area contributed by atoms with Crippen LogP contribution in [0.25, 0.3) is 0 Å². The number of esters is 1. The van der Waals surface area contributed by atoms with E-state index in [-0.39, 0.29) is 19.7 Å². The Kier molecular flexibility index (Phi) is 5.06. The van der Waals surface area contributed by atoms with Gasteiger partial charge in [-0.3, -0.25) is 9.78 Å². The van der Waals surface area contributed by atoms with Crippen LogP contribution in [0.15, 0.2) is 18.3 Å². The summed E-state index contributed by atoms with van der Waals surface area (Å²) in [5, 5.41) is 0. The van der Waals surface area contributed by atoms with E-state index >= 15 is 0 Å². The topological polar surface area (TPSA) is 85.5 Å². The third-order valence-electron chi connectivity index (χ3n) is 6.79. The molecule has 2 N–H and O–H groups in total. The fraction of sp³-hybridized carbons (Fsp3) is 0.667. The monoisotopic (exact) mass is 371 g/mol. The van der Waals surface area contributed by atoms with Crippen molar-refractivity contribution in [1.82, 2.24) is 9.88 Å². The van der Waals surface area contributed by atoms with E-state index in [0.29, 0.717) is 5.92 Å². The lowest BCUT2D eigenvalue weighted by atomic mass is 9.50. The second-order valence-electron chi connectivity index (χ2n) is 8.50. The van der Waals surface area contributed by atoms with Crippen molar-refractivity contribution < 1.29 is 14.3 Å². The van der Waals surface area contributed by atoms with Crippen LogP contribution in [0.2, 0.25) is 0 Å². The molecule has 0 radical (unpaired) electrons. The van der Waals surface area contributed by atoms with Crippen molar-refractivity contribution in [2.24, 2.45) is 29.4 Å². The molecule has 6 heteroatoms. The number of primary amides is 1. The van der Waals surface area contributed by atoms with Crippen molar-refractivity contribution in [3.05, 3.63) is 29.6 Å². The van der Waals surface area contributed by atoms with Gasteiger partial charge in [0.15, 0.2) is 0 Å². The van der Waals surface area contributed by atoms with E-state index in [1.165, 1.54) is 42.6 Å². The number of hydrogen-bond acceptors (Lipinski definition) is 4. The van der Waals surface area contributed by atoms with Gasteiger partial charge in [0.25, 0.3) is 0 Å². The summed E-state index contributed by atoms with van der Waals surface area (Å²) in [4.78, 5) is 29.7. The highest BCUT2D eigenvalue weighted by atomic mass is 16.5. The summed E-state index contributed by atoms with van der Waals surface area (Å²) >= 11 is 0. The summed E-state index contributed by atoms with van der Waals surface area (Å²) in [6.45, 7) is 2.15. The fourth-order valence-electron chi connectivity index (χ4n) is 6.07. The van der Waals surface area contributed by atoms with Crippen molar-refractivity contribution >= 4 is 12.0 Å². The number of pyridine rings is 1. The molecule has 4 saturated carbocycles. The molecule has 0 aliphatic heterocycles. The Bertz CT molecular complexity index is 692. The quantitative estimate of drug-likeness (QED) is 0.779. The van der Waals surface area contributed by atoms with E-state index in [1.54, 1.807) is 13.1 Å². The van der Waals surface area contributed by atoms with E-state index in [2.05, 4.69) is 11.1 Å². The van der Waals surface area contributed by atoms with Gasteiger partial charge in [0, 0.05) is 6.20 Å². The van der Waals surface area contributed by atoms with E-state index < -0.39 is 12.0 Å². The number of urea groups is 1. The summed E-state index contributed by atoms with van der Waals surface area (Å²) in [7, 11) is 0. The molecule has 0 spiro atoms. The number of amides is 2. The minimum Gasteiger partial charge on any atom is -0.465 e. The molecule has 0 saturated heterocycles. The third-order valence-corrected chi connectivity index (χ3v) is 6.79. The average Bonchev–Trinajstić information content (AvgIpc) is 2.61. The molecule has 1 heterocycles. The molecule has 4 aliphatic carbocycles. The lowest BCUT2D eigenvalue weighted by Gasteiger charge is -2.54. The third kappa shape index (κ3) is 3.66. The normalized spacial score (nSPS) is 30.9. The van der Waals surface area contributed by atoms with Crippen LogP contribution < -0.4 is 5.73 Å². The molecule has 0 unspecified atom stereocenters. The molecule has 1 aromatic heterocycles. The van der Waals surface area contributed by atoms with Crippen molar-refractivity contribution in [2.75, 3.05) is 13.2 Å². The maximum Gasteiger partial charge on any atom is 0.325 e. The van der Waals surface area contributed by atoms with E-state index in [9.17, 15) is 9.59 Å². The Morgan fingerprint density at radius 3 is 2.44 bits per heavy atom. The zero-order valence-corrected chi connectivity index (χ0v) is 16.0. The van der Waals surface area contributed by atoms with Gasteiger partial charge in [-0.15, -0.1) is 0 Å². The Hall–Kier alpha value is -2.11. The minimum absolute atomic E-state index is 0.138. The van der Waals surface area contributed by atoms with Gasteiger partial charge < -0.3 is 15.4 Å². The van der Waals surface area contributed by atoms with Crippen molar-refractivity contribution in [2.45, 2.75) is 51.5 Å². The van der Waals surface area contributed by atoms with Gasteiger partial charge in [-0.25, -0.2) is 4.79 Å². The lowest BCUT2D eigenvalue weighted by Crippen LogP contribution is -2.44. The first-order valence-corrected chi connectivity index (χ1v) is 10.2. The van der Waals surface area contributed by atoms with E-state index in [1.807, 2.05) is 6.07 Å². The smallest absolute Gasteiger partial charge is 0.325 e. The number of hydrogen-bond donors (Lipinski definition) is 1.